The monoisotopic (exact) mass is 520 g/mol. The predicted octanol–water partition coefficient (Wildman–Crippen LogP) is 4.25. The number of nitrogens with zero attached hydrogens (tertiary/aromatic N) is 4. The number of amides is 3. The van der Waals surface area contributed by atoms with Crippen LogP contribution in [-0.2, 0) is 13.0 Å². The van der Waals surface area contributed by atoms with Gasteiger partial charge in [-0.1, -0.05) is 19.9 Å². The van der Waals surface area contributed by atoms with Gasteiger partial charge in [0.05, 0.1) is 24.6 Å². The summed E-state index contributed by atoms with van der Waals surface area (Å²) in [6, 6.07) is 3.90. The average Bonchev–Trinajstić information content (AvgIpc) is 2.94. The topological polar surface area (TPSA) is 98.6 Å². The fourth-order valence-electron chi connectivity index (χ4n) is 4.92. The Bertz CT molecular complexity index is 1120. The smallest absolute Gasteiger partial charge is 0.320 e. The van der Waals surface area contributed by atoms with E-state index in [0.717, 1.165) is 62.0 Å². The van der Waals surface area contributed by atoms with Gasteiger partial charge in [0.2, 0.25) is 0 Å². The molecule has 1 aromatic carbocycles. The van der Waals surface area contributed by atoms with Gasteiger partial charge in [0.15, 0.2) is 0 Å². The first-order chi connectivity index (χ1) is 18.4. The standard InChI is InChI=1S/C29H40N6O3/c1-21(2)9-8-13-30-31-19-24-10-7-11-27(32-24)33-28(36)25-17-23-20-35(16-12-22(23)18-26(25)38-3)29(37)34-14-5-4-6-15-34/h7,10-11,13,17-19,21,27,32H,4-6,8-9,12,14-16,20H2,1-3H3,(H,33,36)/b30-13+,31-19+. The first-order valence-electron chi connectivity index (χ1n) is 13.7. The number of dihydropyridines is 1. The van der Waals surface area contributed by atoms with Crippen LogP contribution >= 0.6 is 0 Å². The summed E-state index contributed by atoms with van der Waals surface area (Å²) in [6.07, 6.45) is 14.7. The number of benzene rings is 1. The second-order valence-corrected chi connectivity index (χ2v) is 10.4. The third-order valence-corrected chi connectivity index (χ3v) is 7.08. The number of hydrogen-bond donors (Lipinski definition) is 2. The van der Waals surface area contributed by atoms with Gasteiger partial charge in [0.1, 0.15) is 11.9 Å². The zero-order chi connectivity index (χ0) is 26.9. The number of carbonyl (C=O) groups is 2. The molecule has 0 radical (unpaired) electrons. The summed E-state index contributed by atoms with van der Waals surface area (Å²) in [7, 11) is 1.57. The van der Waals surface area contributed by atoms with Crippen molar-refractivity contribution < 1.29 is 14.3 Å². The van der Waals surface area contributed by atoms with Gasteiger partial charge in [-0.25, -0.2) is 4.79 Å². The minimum absolute atomic E-state index is 0.0962. The molecule has 1 saturated heterocycles. The highest BCUT2D eigenvalue weighted by atomic mass is 16.5. The minimum Gasteiger partial charge on any atom is -0.496 e. The van der Waals surface area contributed by atoms with Crippen molar-refractivity contribution in [3.63, 3.8) is 0 Å². The lowest BCUT2D eigenvalue weighted by Gasteiger charge is -2.36. The number of hydrogen-bond acceptors (Lipinski definition) is 6. The van der Waals surface area contributed by atoms with Crippen molar-refractivity contribution in [2.24, 2.45) is 16.1 Å². The van der Waals surface area contributed by atoms with Crippen molar-refractivity contribution >= 4 is 24.4 Å². The SMILES string of the molecule is COc1cc2c(cc1C(=O)NC1C=CC=C(/C=N/N=C/CCC(C)C)N1)CN(C(=O)N1CCCCC1)CC2. The predicted molar refractivity (Wildman–Crippen MR) is 151 cm³/mol. The Labute approximate surface area is 225 Å². The van der Waals surface area contributed by atoms with Crippen molar-refractivity contribution in [2.75, 3.05) is 26.7 Å². The number of ether oxygens (including phenoxy) is 1. The first kappa shape index (κ1) is 27.4. The Kier molecular flexibility index (Phi) is 9.56. The summed E-state index contributed by atoms with van der Waals surface area (Å²) in [6.45, 7) is 7.18. The van der Waals surface area contributed by atoms with Crippen LogP contribution in [0.5, 0.6) is 5.75 Å². The lowest BCUT2D eigenvalue weighted by Crippen LogP contribution is -2.47. The quantitative estimate of drug-likeness (QED) is 0.395. The molecule has 0 bridgehead atoms. The van der Waals surface area contributed by atoms with E-state index in [1.807, 2.05) is 46.4 Å². The number of allylic oxidation sites excluding steroid dienone is 3. The van der Waals surface area contributed by atoms with Crippen molar-refractivity contribution in [3.05, 3.63) is 52.7 Å². The average molecular weight is 521 g/mol. The molecule has 1 unspecified atom stereocenters. The number of rotatable bonds is 8. The molecule has 9 heteroatoms. The highest BCUT2D eigenvalue weighted by molar-refractivity contribution is 5.97. The lowest BCUT2D eigenvalue weighted by molar-refractivity contribution is 0.0937. The maximum Gasteiger partial charge on any atom is 0.320 e. The van der Waals surface area contributed by atoms with E-state index in [2.05, 4.69) is 34.7 Å². The summed E-state index contributed by atoms with van der Waals surface area (Å²) in [4.78, 5) is 30.2. The maximum absolute atomic E-state index is 13.3. The molecular weight excluding hydrogens is 480 g/mol. The largest absolute Gasteiger partial charge is 0.496 e. The van der Waals surface area contributed by atoms with E-state index in [1.165, 1.54) is 6.42 Å². The van der Waals surface area contributed by atoms with E-state index in [4.69, 9.17) is 4.74 Å². The third kappa shape index (κ3) is 7.24. The Morgan fingerprint density at radius 1 is 1.13 bits per heavy atom. The fourth-order valence-corrected chi connectivity index (χ4v) is 4.92. The molecule has 3 aliphatic rings. The van der Waals surface area contributed by atoms with Gasteiger partial charge < -0.3 is 25.2 Å². The summed E-state index contributed by atoms with van der Waals surface area (Å²) in [5, 5.41) is 14.4. The van der Waals surface area contributed by atoms with Crippen molar-refractivity contribution in [3.8, 4) is 5.75 Å². The van der Waals surface area contributed by atoms with Gasteiger partial charge in [0.25, 0.3) is 5.91 Å². The number of methoxy groups -OCH3 is 1. The van der Waals surface area contributed by atoms with Crippen LogP contribution in [0.25, 0.3) is 0 Å². The van der Waals surface area contributed by atoms with Gasteiger partial charge in [0, 0.05) is 32.4 Å². The van der Waals surface area contributed by atoms with Crippen LogP contribution in [0.2, 0.25) is 0 Å². The molecule has 38 heavy (non-hydrogen) atoms. The molecule has 4 rings (SSSR count). The van der Waals surface area contributed by atoms with Crippen LogP contribution in [0, 0.1) is 5.92 Å². The zero-order valence-corrected chi connectivity index (χ0v) is 22.8. The second-order valence-electron chi connectivity index (χ2n) is 10.4. The number of likely N-dealkylation sites (tertiary alicyclic amines) is 1. The number of nitrogens with one attached hydrogen (secondary N) is 2. The van der Waals surface area contributed by atoms with Crippen LogP contribution in [0.15, 0.2) is 46.3 Å². The van der Waals surface area contributed by atoms with Gasteiger partial charge in [-0.2, -0.15) is 10.2 Å². The summed E-state index contributed by atoms with van der Waals surface area (Å²) >= 11 is 0. The molecule has 0 spiro atoms. The van der Waals surface area contributed by atoms with E-state index in [1.54, 1.807) is 13.3 Å². The van der Waals surface area contributed by atoms with Crippen LogP contribution < -0.4 is 15.4 Å². The molecule has 1 aromatic rings. The summed E-state index contributed by atoms with van der Waals surface area (Å²) in [5.41, 5.74) is 3.31. The molecule has 9 nitrogen and oxygen atoms in total. The molecule has 0 aromatic heterocycles. The minimum atomic E-state index is -0.406. The second kappa shape index (κ2) is 13.3. The molecule has 0 saturated carbocycles. The molecule has 3 heterocycles. The fraction of sp³-hybridized carbons (Fsp3) is 0.517. The third-order valence-electron chi connectivity index (χ3n) is 7.08. The van der Waals surface area contributed by atoms with Crippen LogP contribution in [-0.4, -0.2) is 67.1 Å². The van der Waals surface area contributed by atoms with Crippen molar-refractivity contribution in [1.82, 2.24) is 20.4 Å². The molecule has 2 N–H and O–H groups in total. The van der Waals surface area contributed by atoms with Crippen molar-refractivity contribution in [2.45, 2.75) is 65.1 Å². The molecule has 204 valence electrons. The first-order valence-corrected chi connectivity index (χ1v) is 13.7. The molecule has 1 atom stereocenters. The van der Waals surface area contributed by atoms with Gasteiger partial charge in [-0.15, -0.1) is 0 Å². The van der Waals surface area contributed by atoms with Gasteiger partial charge >= 0.3 is 6.03 Å². The highest BCUT2D eigenvalue weighted by Crippen LogP contribution is 2.29. The van der Waals surface area contributed by atoms with E-state index >= 15 is 0 Å². The normalized spacial score (nSPS) is 19.5. The molecule has 1 fully saturated rings. The Morgan fingerprint density at radius 2 is 1.95 bits per heavy atom. The number of urea groups is 1. The van der Waals surface area contributed by atoms with Crippen LogP contribution in [0.1, 0.15) is 67.4 Å². The Hall–Kier alpha value is -3.62. The lowest BCUT2D eigenvalue weighted by atomic mass is 9.96. The zero-order valence-electron chi connectivity index (χ0n) is 22.8. The van der Waals surface area contributed by atoms with E-state index in [9.17, 15) is 9.59 Å². The molecule has 3 amide bonds. The Morgan fingerprint density at radius 3 is 2.71 bits per heavy atom. The van der Waals surface area contributed by atoms with E-state index in [-0.39, 0.29) is 11.9 Å². The van der Waals surface area contributed by atoms with Crippen molar-refractivity contribution in [1.29, 1.82) is 0 Å². The highest BCUT2D eigenvalue weighted by Gasteiger charge is 2.28. The Balaban J connectivity index is 1.38. The summed E-state index contributed by atoms with van der Waals surface area (Å²) in [5.74, 6) is 0.915. The summed E-state index contributed by atoms with van der Waals surface area (Å²) < 4.78 is 5.58. The maximum atomic E-state index is 13.3. The van der Waals surface area contributed by atoms with Gasteiger partial charge in [-0.05, 0) is 79.9 Å². The molecular formula is C29H40N6O3. The van der Waals surface area contributed by atoms with Gasteiger partial charge in [-0.3, -0.25) is 4.79 Å². The van der Waals surface area contributed by atoms with E-state index in [0.29, 0.717) is 30.3 Å². The van der Waals surface area contributed by atoms with Crippen LogP contribution in [0.3, 0.4) is 0 Å². The molecule has 3 aliphatic heterocycles. The van der Waals surface area contributed by atoms with Crippen LogP contribution in [0.4, 0.5) is 4.79 Å². The van der Waals surface area contributed by atoms with E-state index < -0.39 is 6.17 Å². The number of fused-ring (bicyclic) bond motifs is 1. The number of piperidine rings is 1. The molecule has 0 aliphatic carbocycles. The number of carbonyl (C=O) groups excluding carboxylic acids is 2.